The zero-order chi connectivity index (χ0) is 20.5. The highest BCUT2D eigenvalue weighted by Crippen LogP contribution is 2.50. The maximum absolute atomic E-state index is 13.2. The van der Waals surface area contributed by atoms with Gasteiger partial charge in [-0.1, -0.05) is 26.0 Å². The van der Waals surface area contributed by atoms with Gasteiger partial charge in [0, 0.05) is 50.7 Å². The molecular weight excluding hydrogens is 354 g/mol. The van der Waals surface area contributed by atoms with Gasteiger partial charge in [0.05, 0.1) is 13.2 Å². The minimum absolute atomic E-state index is 0.0563. The van der Waals surface area contributed by atoms with Crippen LogP contribution in [0.2, 0.25) is 0 Å². The molecule has 28 heavy (non-hydrogen) atoms. The molecular formula is C22H35N3O3. The number of amides is 1. The molecule has 1 aliphatic carbocycles. The molecule has 1 aromatic carbocycles. The first-order valence-electron chi connectivity index (χ1n) is 10.3. The third kappa shape index (κ3) is 3.53. The van der Waals surface area contributed by atoms with Crippen LogP contribution in [0.3, 0.4) is 0 Å². The van der Waals surface area contributed by atoms with Gasteiger partial charge in [-0.3, -0.25) is 9.69 Å². The van der Waals surface area contributed by atoms with Crippen molar-refractivity contribution in [2.75, 3.05) is 39.9 Å². The lowest BCUT2D eigenvalue weighted by molar-refractivity contribution is -0.180. The van der Waals surface area contributed by atoms with Crippen molar-refractivity contribution < 1.29 is 14.3 Å². The third-order valence-electron chi connectivity index (χ3n) is 6.94. The molecule has 2 N–H and O–H groups in total. The second kappa shape index (κ2) is 8.01. The minimum atomic E-state index is -0.826. The molecule has 2 aliphatic rings. The number of carbonyl (C=O) groups is 1. The number of nitrogens with two attached hydrogens (primary N) is 1. The lowest BCUT2D eigenvalue weighted by atomic mass is 9.54. The number of ether oxygens (including phenoxy) is 2. The van der Waals surface area contributed by atoms with Crippen molar-refractivity contribution in [2.24, 2.45) is 11.1 Å². The number of methoxy groups -OCH3 is 1. The monoisotopic (exact) mass is 389 g/mol. The molecule has 156 valence electrons. The van der Waals surface area contributed by atoms with Crippen molar-refractivity contribution in [1.29, 1.82) is 0 Å². The molecule has 0 radical (unpaired) electrons. The van der Waals surface area contributed by atoms with Crippen LogP contribution in [0.1, 0.15) is 45.7 Å². The molecule has 0 bridgehead atoms. The summed E-state index contributed by atoms with van der Waals surface area (Å²) in [4.78, 5) is 17.6. The Hall–Kier alpha value is -1.63. The lowest BCUT2D eigenvalue weighted by Gasteiger charge is -2.59. The van der Waals surface area contributed by atoms with Gasteiger partial charge < -0.3 is 20.1 Å². The SMILES string of the molecule is CCOC1CC(N)(C(=O)N2CCN(C(C)c3cccc(OC)c3)CC2)C1(C)C. The van der Waals surface area contributed by atoms with Gasteiger partial charge >= 0.3 is 0 Å². The molecule has 6 heteroatoms. The summed E-state index contributed by atoms with van der Waals surface area (Å²) < 4.78 is 11.1. The minimum Gasteiger partial charge on any atom is -0.497 e. The van der Waals surface area contributed by atoms with Crippen molar-refractivity contribution >= 4 is 5.91 Å². The van der Waals surface area contributed by atoms with Crippen LogP contribution in [0, 0.1) is 5.41 Å². The number of piperazine rings is 1. The van der Waals surface area contributed by atoms with E-state index in [2.05, 4.69) is 37.8 Å². The van der Waals surface area contributed by atoms with E-state index < -0.39 is 5.54 Å². The zero-order valence-electron chi connectivity index (χ0n) is 17.9. The van der Waals surface area contributed by atoms with E-state index in [1.165, 1.54) is 5.56 Å². The van der Waals surface area contributed by atoms with Crippen LogP contribution in [0.15, 0.2) is 24.3 Å². The fourth-order valence-electron chi connectivity index (χ4n) is 4.50. The van der Waals surface area contributed by atoms with E-state index in [0.29, 0.717) is 26.1 Å². The summed E-state index contributed by atoms with van der Waals surface area (Å²) in [6.07, 6.45) is 0.661. The van der Waals surface area contributed by atoms with Crippen molar-refractivity contribution in [2.45, 2.75) is 51.8 Å². The first-order valence-corrected chi connectivity index (χ1v) is 10.3. The van der Waals surface area contributed by atoms with Crippen LogP contribution in [-0.4, -0.2) is 67.2 Å². The van der Waals surface area contributed by atoms with E-state index >= 15 is 0 Å². The van der Waals surface area contributed by atoms with Crippen LogP contribution >= 0.6 is 0 Å². The molecule has 2 fully saturated rings. The third-order valence-corrected chi connectivity index (χ3v) is 6.94. The maximum Gasteiger partial charge on any atom is 0.243 e. The average molecular weight is 390 g/mol. The van der Waals surface area contributed by atoms with Gasteiger partial charge in [0.2, 0.25) is 5.91 Å². The van der Waals surface area contributed by atoms with Gasteiger partial charge in [0.1, 0.15) is 11.3 Å². The molecule has 3 rings (SSSR count). The first kappa shape index (κ1) is 21.1. The Morgan fingerprint density at radius 1 is 1.29 bits per heavy atom. The van der Waals surface area contributed by atoms with E-state index in [9.17, 15) is 4.79 Å². The number of carbonyl (C=O) groups excluding carboxylic acids is 1. The van der Waals surface area contributed by atoms with Gasteiger partial charge in [-0.2, -0.15) is 0 Å². The number of hydrogen-bond donors (Lipinski definition) is 1. The molecule has 3 unspecified atom stereocenters. The molecule has 1 aliphatic heterocycles. The summed E-state index contributed by atoms with van der Waals surface area (Å²) in [7, 11) is 1.69. The van der Waals surface area contributed by atoms with Crippen molar-refractivity contribution in [3.8, 4) is 5.75 Å². The molecule has 1 saturated heterocycles. The Kier molecular flexibility index (Phi) is 6.03. The van der Waals surface area contributed by atoms with E-state index in [4.69, 9.17) is 15.2 Å². The largest absolute Gasteiger partial charge is 0.497 e. The molecule has 1 saturated carbocycles. The van der Waals surface area contributed by atoms with E-state index in [0.717, 1.165) is 18.8 Å². The zero-order valence-corrected chi connectivity index (χ0v) is 17.9. The van der Waals surface area contributed by atoms with Crippen molar-refractivity contribution in [1.82, 2.24) is 9.80 Å². The number of nitrogens with zero attached hydrogens (tertiary/aromatic N) is 2. The molecule has 1 aromatic rings. The highest BCUT2D eigenvalue weighted by molar-refractivity contribution is 5.89. The smallest absolute Gasteiger partial charge is 0.243 e. The summed E-state index contributed by atoms with van der Waals surface area (Å²) in [5.41, 5.74) is 6.66. The van der Waals surface area contributed by atoms with Gasteiger partial charge in [0.25, 0.3) is 0 Å². The predicted molar refractivity (Wildman–Crippen MR) is 110 cm³/mol. The molecule has 1 amide bonds. The second-order valence-electron chi connectivity index (χ2n) is 8.62. The Morgan fingerprint density at radius 2 is 1.96 bits per heavy atom. The second-order valence-corrected chi connectivity index (χ2v) is 8.62. The van der Waals surface area contributed by atoms with Gasteiger partial charge in [-0.05, 0) is 31.5 Å². The molecule has 0 spiro atoms. The Bertz CT molecular complexity index is 700. The van der Waals surface area contributed by atoms with E-state index in [-0.39, 0.29) is 23.5 Å². The van der Waals surface area contributed by atoms with Gasteiger partial charge in [-0.25, -0.2) is 0 Å². The highest BCUT2D eigenvalue weighted by atomic mass is 16.5. The molecule has 0 aromatic heterocycles. The molecule has 1 heterocycles. The quantitative estimate of drug-likeness (QED) is 0.809. The van der Waals surface area contributed by atoms with E-state index in [1.807, 2.05) is 24.0 Å². The number of hydrogen-bond acceptors (Lipinski definition) is 5. The summed E-state index contributed by atoms with van der Waals surface area (Å²) >= 11 is 0. The summed E-state index contributed by atoms with van der Waals surface area (Å²) in [5, 5.41) is 0. The Balaban J connectivity index is 1.60. The highest BCUT2D eigenvalue weighted by Gasteiger charge is 2.63. The van der Waals surface area contributed by atoms with Crippen molar-refractivity contribution in [3.63, 3.8) is 0 Å². The Morgan fingerprint density at radius 3 is 2.54 bits per heavy atom. The number of rotatable bonds is 6. The average Bonchev–Trinajstić information content (AvgIpc) is 2.72. The van der Waals surface area contributed by atoms with Crippen LogP contribution in [0.5, 0.6) is 5.75 Å². The summed E-state index contributed by atoms with van der Waals surface area (Å²) in [6.45, 7) is 12.0. The fourth-order valence-corrected chi connectivity index (χ4v) is 4.50. The predicted octanol–water partition coefficient (Wildman–Crippen LogP) is 2.43. The topological polar surface area (TPSA) is 68.0 Å². The lowest BCUT2D eigenvalue weighted by Crippen LogP contribution is -2.76. The standard InChI is InChI=1S/C22H35N3O3/c1-6-28-19-15-22(23,21(19,3)4)20(26)25-12-10-24(11-13-25)16(2)17-8-7-9-18(14-17)27-5/h7-9,14,16,19H,6,10-13,15,23H2,1-5H3. The summed E-state index contributed by atoms with van der Waals surface area (Å²) in [5.74, 6) is 0.946. The first-order chi connectivity index (χ1) is 13.2. The molecule has 3 atom stereocenters. The van der Waals surface area contributed by atoms with Crippen LogP contribution in [0.25, 0.3) is 0 Å². The van der Waals surface area contributed by atoms with Crippen LogP contribution < -0.4 is 10.5 Å². The van der Waals surface area contributed by atoms with Crippen LogP contribution in [-0.2, 0) is 9.53 Å². The van der Waals surface area contributed by atoms with Crippen molar-refractivity contribution in [3.05, 3.63) is 29.8 Å². The number of benzene rings is 1. The fraction of sp³-hybridized carbons (Fsp3) is 0.682. The van der Waals surface area contributed by atoms with Crippen LogP contribution in [0.4, 0.5) is 0 Å². The van der Waals surface area contributed by atoms with E-state index in [1.54, 1.807) is 7.11 Å². The molecule has 6 nitrogen and oxygen atoms in total. The maximum atomic E-state index is 13.2. The van der Waals surface area contributed by atoms with Gasteiger partial charge in [0.15, 0.2) is 0 Å². The normalized spacial score (nSPS) is 28.5. The van der Waals surface area contributed by atoms with Gasteiger partial charge in [-0.15, -0.1) is 0 Å². The Labute approximate surface area is 169 Å². The summed E-state index contributed by atoms with van der Waals surface area (Å²) in [6, 6.07) is 8.48.